The number of hydrogen-bond acceptors (Lipinski definition) is 3. The summed E-state index contributed by atoms with van der Waals surface area (Å²) in [5.41, 5.74) is -0.376. The van der Waals surface area contributed by atoms with Crippen molar-refractivity contribution < 1.29 is 9.90 Å². The average Bonchev–Trinajstić information content (AvgIpc) is 2.38. The second-order valence-electron chi connectivity index (χ2n) is 5.66. The molecule has 1 amide bonds. The number of rotatable bonds is 6. The van der Waals surface area contributed by atoms with Gasteiger partial charge in [0.2, 0.25) is 5.91 Å². The van der Waals surface area contributed by atoms with E-state index in [1.165, 1.54) is 0 Å². The Hall–Kier alpha value is -0.810. The van der Waals surface area contributed by atoms with Crippen molar-refractivity contribution in [2.24, 2.45) is 0 Å². The maximum absolute atomic E-state index is 12.3. The molecule has 118 valence electrons. The monoisotopic (exact) mass is 332 g/mol. The van der Waals surface area contributed by atoms with Gasteiger partial charge in [-0.1, -0.05) is 30.1 Å². The molecular formula is C15H22Cl2N2O2. The van der Waals surface area contributed by atoms with Crippen LogP contribution in [-0.2, 0) is 4.79 Å². The molecule has 1 aromatic rings. The molecule has 1 aromatic carbocycles. The summed E-state index contributed by atoms with van der Waals surface area (Å²) in [6.45, 7) is 8.23. The third kappa shape index (κ3) is 5.83. The minimum absolute atomic E-state index is 0.190. The molecule has 0 spiro atoms. The lowest BCUT2D eigenvalue weighted by Gasteiger charge is -2.32. The van der Waals surface area contributed by atoms with Crippen molar-refractivity contribution >= 4 is 34.8 Å². The number of aliphatic hydroxyl groups is 1. The van der Waals surface area contributed by atoms with Gasteiger partial charge >= 0.3 is 0 Å². The Morgan fingerprint density at radius 1 is 1.43 bits per heavy atom. The van der Waals surface area contributed by atoms with Crippen LogP contribution >= 0.6 is 23.2 Å². The highest BCUT2D eigenvalue weighted by Crippen LogP contribution is 2.25. The van der Waals surface area contributed by atoms with E-state index in [0.29, 0.717) is 28.8 Å². The molecule has 0 bridgehead atoms. The molecule has 4 nitrogen and oxygen atoms in total. The van der Waals surface area contributed by atoms with Gasteiger partial charge in [-0.3, -0.25) is 9.69 Å². The molecule has 1 rings (SSSR count). The topological polar surface area (TPSA) is 52.6 Å². The molecule has 0 saturated carbocycles. The highest BCUT2D eigenvalue weighted by atomic mass is 35.5. The lowest BCUT2D eigenvalue weighted by Crippen LogP contribution is -2.48. The molecule has 6 heteroatoms. The van der Waals surface area contributed by atoms with E-state index in [1.54, 1.807) is 39.0 Å². The summed E-state index contributed by atoms with van der Waals surface area (Å²) in [5, 5.41) is 13.6. The van der Waals surface area contributed by atoms with Gasteiger partial charge in [0.25, 0.3) is 0 Å². The van der Waals surface area contributed by atoms with Crippen molar-refractivity contribution in [1.29, 1.82) is 0 Å². The Balaban J connectivity index is 2.79. The summed E-state index contributed by atoms with van der Waals surface area (Å²) in [6, 6.07) is 4.52. The van der Waals surface area contributed by atoms with Crippen molar-refractivity contribution in [3.05, 3.63) is 28.2 Å². The van der Waals surface area contributed by atoms with Crippen LogP contribution in [0.2, 0.25) is 10.0 Å². The van der Waals surface area contributed by atoms with E-state index < -0.39 is 11.6 Å². The summed E-state index contributed by atoms with van der Waals surface area (Å²) < 4.78 is 0. The maximum Gasteiger partial charge on any atom is 0.241 e. The number of likely N-dealkylation sites (N-methyl/N-ethyl adjacent to an activating group) is 1. The fraction of sp³-hybridized carbons (Fsp3) is 0.533. The van der Waals surface area contributed by atoms with Crippen molar-refractivity contribution in [2.75, 3.05) is 18.4 Å². The standard InChI is InChI=1S/C15H22Cl2N2O2/c1-5-19(9-15(3,4)21)10(2)14(20)18-13-8-11(16)6-7-12(13)17/h6-8,10,21H,5,9H2,1-4H3,(H,18,20). The molecule has 0 aliphatic carbocycles. The number of carbonyl (C=O) groups is 1. The van der Waals surface area contributed by atoms with E-state index in [1.807, 2.05) is 11.8 Å². The van der Waals surface area contributed by atoms with Crippen LogP contribution in [0.25, 0.3) is 0 Å². The van der Waals surface area contributed by atoms with Crippen molar-refractivity contribution in [2.45, 2.75) is 39.3 Å². The molecule has 0 fully saturated rings. The predicted octanol–water partition coefficient (Wildman–Crippen LogP) is 3.41. The zero-order chi connectivity index (χ0) is 16.2. The summed E-state index contributed by atoms with van der Waals surface area (Å²) in [7, 11) is 0. The minimum atomic E-state index is -0.863. The fourth-order valence-corrected chi connectivity index (χ4v) is 2.35. The Morgan fingerprint density at radius 3 is 2.57 bits per heavy atom. The van der Waals surface area contributed by atoms with Crippen LogP contribution in [0, 0.1) is 0 Å². The molecule has 1 atom stereocenters. The number of benzene rings is 1. The zero-order valence-corrected chi connectivity index (χ0v) is 14.3. The lowest BCUT2D eigenvalue weighted by atomic mass is 10.1. The SMILES string of the molecule is CCN(CC(C)(C)O)C(C)C(=O)Nc1cc(Cl)ccc1Cl. The normalized spacial score (nSPS) is 13.3. The minimum Gasteiger partial charge on any atom is -0.389 e. The second kappa shape index (κ2) is 7.45. The van der Waals surface area contributed by atoms with Crippen molar-refractivity contribution in [3.8, 4) is 0 Å². The first kappa shape index (κ1) is 18.2. The van der Waals surface area contributed by atoms with Crippen LogP contribution in [0.3, 0.4) is 0 Å². The maximum atomic E-state index is 12.3. The number of nitrogens with one attached hydrogen (secondary N) is 1. The summed E-state index contributed by atoms with van der Waals surface area (Å²) >= 11 is 11.9. The van der Waals surface area contributed by atoms with Crippen molar-refractivity contribution in [1.82, 2.24) is 4.90 Å². The van der Waals surface area contributed by atoms with E-state index in [0.717, 1.165) is 0 Å². The summed E-state index contributed by atoms with van der Waals surface area (Å²) in [4.78, 5) is 14.2. The van der Waals surface area contributed by atoms with Gasteiger partial charge < -0.3 is 10.4 Å². The number of halogens is 2. The van der Waals surface area contributed by atoms with Crippen LogP contribution in [0.4, 0.5) is 5.69 Å². The first-order valence-electron chi connectivity index (χ1n) is 6.86. The van der Waals surface area contributed by atoms with Crippen LogP contribution in [0.1, 0.15) is 27.7 Å². The molecule has 0 radical (unpaired) electrons. The van der Waals surface area contributed by atoms with E-state index >= 15 is 0 Å². The molecule has 0 aliphatic heterocycles. The van der Waals surface area contributed by atoms with Crippen LogP contribution < -0.4 is 5.32 Å². The predicted molar refractivity (Wildman–Crippen MR) is 88.1 cm³/mol. The molecule has 0 saturated heterocycles. The van der Waals surface area contributed by atoms with Gasteiger partial charge in [-0.15, -0.1) is 0 Å². The smallest absolute Gasteiger partial charge is 0.241 e. The lowest BCUT2D eigenvalue weighted by molar-refractivity contribution is -0.121. The van der Waals surface area contributed by atoms with Gasteiger partial charge in [0.15, 0.2) is 0 Å². The molecule has 0 heterocycles. The summed E-state index contributed by atoms with van der Waals surface area (Å²) in [5.74, 6) is -0.190. The number of anilines is 1. The van der Waals surface area contributed by atoms with E-state index in [-0.39, 0.29) is 5.91 Å². The highest BCUT2D eigenvalue weighted by molar-refractivity contribution is 6.35. The molecular weight excluding hydrogens is 311 g/mol. The van der Waals surface area contributed by atoms with Gasteiger partial charge in [-0.25, -0.2) is 0 Å². The van der Waals surface area contributed by atoms with E-state index in [9.17, 15) is 9.90 Å². The zero-order valence-electron chi connectivity index (χ0n) is 12.8. The third-order valence-corrected chi connectivity index (χ3v) is 3.67. The van der Waals surface area contributed by atoms with E-state index in [2.05, 4.69) is 5.32 Å². The second-order valence-corrected chi connectivity index (χ2v) is 6.51. The summed E-state index contributed by atoms with van der Waals surface area (Å²) in [6.07, 6.45) is 0. The molecule has 0 aromatic heterocycles. The number of nitrogens with zero attached hydrogens (tertiary/aromatic N) is 1. The van der Waals surface area contributed by atoms with Gasteiger partial charge in [-0.2, -0.15) is 0 Å². The van der Waals surface area contributed by atoms with Gasteiger partial charge in [0.05, 0.1) is 22.4 Å². The third-order valence-electron chi connectivity index (χ3n) is 3.11. The van der Waals surface area contributed by atoms with Crippen molar-refractivity contribution in [3.63, 3.8) is 0 Å². The number of hydrogen-bond donors (Lipinski definition) is 2. The Labute approximate surface area is 136 Å². The molecule has 1 unspecified atom stereocenters. The first-order chi connectivity index (χ1) is 9.64. The van der Waals surface area contributed by atoms with E-state index in [4.69, 9.17) is 23.2 Å². The highest BCUT2D eigenvalue weighted by Gasteiger charge is 2.25. The number of amides is 1. The Kier molecular flexibility index (Phi) is 6.47. The van der Waals surface area contributed by atoms with Crippen LogP contribution in [-0.4, -0.2) is 40.6 Å². The van der Waals surface area contributed by atoms with Gasteiger partial charge in [-0.05, 0) is 45.5 Å². The van der Waals surface area contributed by atoms with Crippen LogP contribution in [0.5, 0.6) is 0 Å². The first-order valence-corrected chi connectivity index (χ1v) is 7.62. The van der Waals surface area contributed by atoms with Gasteiger partial charge in [0, 0.05) is 11.6 Å². The average molecular weight is 333 g/mol. The van der Waals surface area contributed by atoms with Gasteiger partial charge in [0.1, 0.15) is 0 Å². The largest absolute Gasteiger partial charge is 0.389 e. The quantitative estimate of drug-likeness (QED) is 0.839. The Morgan fingerprint density at radius 2 is 2.05 bits per heavy atom. The fourth-order valence-electron chi connectivity index (χ4n) is 2.02. The van der Waals surface area contributed by atoms with Crippen LogP contribution in [0.15, 0.2) is 18.2 Å². The Bertz CT molecular complexity index is 501. The molecule has 0 aliphatic rings. The molecule has 2 N–H and O–H groups in total. The molecule has 21 heavy (non-hydrogen) atoms. The number of carbonyl (C=O) groups excluding carboxylic acids is 1.